The van der Waals surface area contributed by atoms with Gasteiger partial charge in [-0.1, -0.05) is 18.5 Å². The van der Waals surface area contributed by atoms with E-state index in [1.54, 1.807) is 41.0 Å². The van der Waals surface area contributed by atoms with Crippen molar-refractivity contribution in [2.45, 2.75) is 25.4 Å². The fraction of sp³-hybridized carbons (Fsp3) is 0.500. The molecule has 2 atom stereocenters. The number of nitrogens with zero attached hydrogens (tertiary/aromatic N) is 2. The summed E-state index contributed by atoms with van der Waals surface area (Å²) in [5.74, 6) is -0.457. The van der Waals surface area contributed by atoms with Gasteiger partial charge in [0, 0.05) is 30.1 Å². The Morgan fingerprint density at radius 2 is 1.62 bits per heavy atom. The van der Waals surface area contributed by atoms with E-state index >= 15 is 0 Å². The molecule has 0 aromatic heterocycles. The predicted molar refractivity (Wildman–Crippen MR) is 90.7 cm³/mol. The Hall–Kier alpha value is -1.60. The molecular weight excluding hydrogens is 352 g/mol. The highest BCUT2D eigenvalue weighted by Gasteiger charge is 2.49. The molecule has 0 aliphatic carbocycles. The van der Waals surface area contributed by atoms with Crippen LogP contribution in [0.4, 0.5) is 0 Å². The first-order valence-corrected chi connectivity index (χ1v) is 10.1. The smallest absolute Gasteiger partial charge is 0.254 e. The molecule has 130 valence electrons. The maximum absolute atomic E-state index is 12.8. The number of hydrogen-bond acceptors (Lipinski definition) is 4. The zero-order chi connectivity index (χ0) is 17.5. The number of carbonyl (C=O) groups excluding carboxylic acids is 2. The zero-order valence-corrected chi connectivity index (χ0v) is 14.9. The van der Waals surface area contributed by atoms with E-state index in [4.69, 9.17) is 11.6 Å². The first kappa shape index (κ1) is 17.2. The highest BCUT2D eigenvalue weighted by atomic mass is 35.5. The lowest BCUT2D eigenvalue weighted by molar-refractivity contribution is -0.135. The summed E-state index contributed by atoms with van der Waals surface area (Å²) < 4.78 is 24.2. The molecule has 2 heterocycles. The Labute approximate surface area is 146 Å². The number of hydrogen-bond donors (Lipinski definition) is 0. The molecule has 1 aromatic carbocycles. The van der Waals surface area contributed by atoms with Crippen LogP contribution in [-0.4, -0.2) is 66.7 Å². The molecule has 2 aliphatic rings. The number of amides is 2. The Balaban J connectivity index is 1.89. The molecule has 0 spiro atoms. The van der Waals surface area contributed by atoms with Crippen molar-refractivity contribution in [3.63, 3.8) is 0 Å². The third kappa shape index (κ3) is 3.15. The Morgan fingerprint density at radius 3 is 2.21 bits per heavy atom. The highest BCUT2D eigenvalue weighted by Crippen LogP contribution is 2.28. The molecule has 1 aromatic rings. The van der Waals surface area contributed by atoms with Gasteiger partial charge in [-0.25, -0.2) is 8.42 Å². The van der Waals surface area contributed by atoms with E-state index in [0.29, 0.717) is 30.1 Å². The Bertz CT molecular complexity index is 763. The monoisotopic (exact) mass is 370 g/mol. The maximum atomic E-state index is 12.8. The molecule has 8 heteroatoms. The topological polar surface area (TPSA) is 74.8 Å². The van der Waals surface area contributed by atoms with Crippen molar-refractivity contribution in [3.8, 4) is 0 Å². The summed E-state index contributed by atoms with van der Waals surface area (Å²) in [6.07, 6.45) is 0.328. The van der Waals surface area contributed by atoms with E-state index in [1.807, 2.05) is 0 Å². The standard InChI is InChI=1S/C16H19ClN2O4S/c1-2-15(20)18-7-8-19(14-10-24(22,23)9-13(14)18)16(21)11-3-5-12(17)6-4-11/h3-6,13-14H,2,7-10H2,1H3/t13-,14+/m1/s1. The average molecular weight is 371 g/mol. The van der Waals surface area contributed by atoms with Crippen LogP contribution >= 0.6 is 11.6 Å². The lowest BCUT2D eigenvalue weighted by atomic mass is 10.0. The van der Waals surface area contributed by atoms with Crippen molar-refractivity contribution in [1.82, 2.24) is 9.80 Å². The largest absolute Gasteiger partial charge is 0.335 e. The average Bonchev–Trinajstić information content (AvgIpc) is 2.88. The van der Waals surface area contributed by atoms with Crippen LogP contribution in [0, 0.1) is 0 Å². The number of piperazine rings is 1. The minimum Gasteiger partial charge on any atom is -0.335 e. The first-order chi connectivity index (χ1) is 11.3. The number of rotatable bonds is 2. The van der Waals surface area contributed by atoms with Crippen molar-refractivity contribution >= 4 is 33.3 Å². The van der Waals surface area contributed by atoms with E-state index in [2.05, 4.69) is 0 Å². The van der Waals surface area contributed by atoms with Gasteiger partial charge in [-0.2, -0.15) is 0 Å². The van der Waals surface area contributed by atoms with Crippen LogP contribution in [0.1, 0.15) is 23.7 Å². The van der Waals surface area contributed by atoms with Gasteiger partial charge in [-0.05, 0) is 24.3 Å². The summed E-state index contributed by atoms with van der Waals surface area (Å²) in [5, 5.41) is 0.534. The van der Waals surface area contributed by atoms with Gasteiger partial charge in [0.05, 0.1) is 23.6 Å². The van der Waals surface area contributed by atoms with Crippen LogP contribution in [0.15, 0.2) is 24.3 Å². The molecule has 0 saturated carbocycles. The molecule has 0 radical (unpaired) electrons. The zero-order valence-electron chi connectivity index (χ0n) is 13.3. The Morgan fingerprint density at radius 1 is 1.08 bits per heavy atom. The SMILES string of the molecule is CCC(=O)N1CCN(C(=O)c2ccc(Cl)cc2)[C@H]2CS(=O)(=O)C[C@H]21. The van der Waals surface area contributed by atoms with Gasteiger partial charge < -0.3 is 9.80 Å². The van der Waals surface area contributed by atoms with Crippen molar-refractivity contribution in [2.24, 2.45) is 0 Å². The van der Waals surface area contributed by atoms with E-state index in [-0.39, 0.29) is 23.3 Å². The lowest BCUT2D eigenvalue weighted by Crippen LogP contribution is -2.61. The molecule has 3 rings (SSSR count). The summed E-state index contributed by atoms with van der Waals surface area (Å²) in [7, 11) is -3.27. The molecule has 0 bridgehead atoms. The summed E-state index contributed by atoms with van der Waals surface area (Å²) in [5.41, 5.74) is 0.470. The van der Waals surface area contributed by atoms with Gasteiger partial charge in [0.1, 0.15) is 0 Å². The van der Waals surface area contributed by atoms with E-state index in [0.717, 1.165) is 0 Å². The molecule has 0 unspecified atom stereocenters. The maximum Gasteiger partial charge on any atom is 0.254 e. The molecule has 24 heavy (non-hydrogen) atoms. The van der Waals surface area contributed by atoms with E-state index < -0.39 is 21.9 Å². The van der Waals surface area contributed by atoms with Gasteiger partial charge in [0.2, 0.25) is 5.91 Å². The molecule has 2 aliphatic heterocycles. The van der Waals surface area contributed by atoms with Crippen LogP contribution in [0.25, 0.3) is 0 Å². The van der Waals surface area contributed by atoms with E-state index in [1.165, 1.54) is 0 Å². The first-order valence-electron chi connectivity index (χ1n) is 7.89. The molecule has 2 fully saturated rings. The Kier molecular flexibility index (Phi) is 4.57. The summed E-state index contributed by atoms with van der Waals surface area (Å²) >= 11 is 5.85. The fourth-order valence-corrected chi connectivity index (χ4v) is 5.58. The van der Waals surface area contributed by atoms with Gasteiger partial charge in [0.15, 0.2) is 9.84 Å². The van der Waals surface area contributed by atoms with Crippen LogP contribution in [0.5, 0.6) is 0 Å². The van der Waals surface area contributed by atoms with Gasteiger partial charge in [-0.15, -0.1) is 0 Å². The van der Waals surface area contributed by atoms with Gasteiger partial charge >= 0.3 is 0 Å². The summed E-state index contributed by atoms with van der Waals surface area (Å²) in [4.78, 5) is 28.1. The molecule has 0 N–H and O–H groups in total. The number of halogens is 1. The summed E-state index contributed by atoms with van der Waals surface area (Å²) in [6.45, 7) is 2.46. The lowest BCUT2D eigenvalue weighted by Gasteiger charge is -2.43. The predicted octanol–water partition coefficient (Wildman–Crippen LogP) is 1.20. The van der Waals surface area contributed by atoms with Crippen molar-refractivity contribution in [3.05, 3.63) is 34.9 Å². The number of carbonyl (C=O) groups is 2. The quantitative estimate of drug-likeness (QED) is 0.784. The van der Waals surface area contributed by atoms with E-state index in [9.17, 15) is 18.0 Å². The fourth-order valence-electron chi connectivity index (χ4n) is 3.48. The third-order valence-corrected chi connectivity index (χ3v) is 6.60. The van der Waals surface area contributed by atoms with Crippen LogP contribution in [-0.2, 0) is 14.6 Å². The second kappa shape index (κ2) is 6.37. The van der Waals surface area contributed by atoms with Crippen LogP contribution in [0.3, 0.4) is 0 Å². The third-order valence-electron chi connectivity index (χ3n) is 4.65. The van der Waals surface area contributed by atoms with Crippen LogP contribution < -0.4 is 0 Å². The molecule has 2 saturated heterocycles. The van der Waals surface area contributed by atoms with Crippen molar-refractivity contribution < 1.29 is 18.0 Å². The number of benzene rings is 1. The van der Waals surface area contributed by atoms with Crippen LogP contribution in [0.2, 0.25) is 5.02 Å². The molecular formula is C16H19ClN2O4S. The minimum absolute atomic E-state index is 0.0688. The second-order valence-electron chi connectivity index (χ2n) is 6.16. The summed E-state index contributed by atoms with van der Waals surface area (Å²) in [6, 6.07) is 5.59. The van der Waals surface area contributed by atoms with Crippen molar-refractivity contribution in [1.29, 1.82) is 0 Å². The van der Waals surface area contributed by atoms with Gasteiger partial charge in [-0.3, -0.25) is 9.59 Å². The normalized spacial score (nSPS) is 25.4. The number of fused-ring (bicyclic) bond motifs is 1. The molecule has 2 amide bonds. The number of sulfone groups is 1. The van der Waals surface area contributed by atoms with Gasteiger partial charge in [0.25, 0.3) is 5.91 Å². The van der Waals surface area contributed by atoms with Crippen molar-refractivity contribution in [2.75, 3.05) is 24.6 Å². The minimum atomic E-state index is -3.27. The second-order valence-corrected chi connectivity index (χ2v) is 8.75. The molecule has 6 nitrogen and oxygen atoms in total. The highest BCUT2D eigenvalue weighted by molar-refractivity contribution is 7.91.